The van der Waals surface area contributed by atoms with Gasteiger partial charge in [0.1, 0.15) is 6.61 Å². The molecule has 0 spiro atoms. The van der Waals surface area contributed by atoms with Crippen LogP contribution in [-0.4, -0.2) is 30.6 Å². The molecule has 1 aromatic rings. The molecule has 0 bridgehead atoms. The van der Waals surface area contributed by atoms with E-state index in [1.165, 1.54) is 13.2 Å². The van der Waals surface area contributed by atoms with Crippen molar-refractivity contribution < 1.29 is 24.2 Å². The third-order valence-corrected chi connectivity index (χ3v) is 3.64. The van der Waals surface area contributed by atoms with E-state index in [1.54, 1.807) is 6.07 Å². The van der Waals surface area contributed by atoms with Crippen molar-refractivity contribution in [1.29, 1.82) is 0 Å². The van der Waals surface area contributed by atoms with Crippen LogP contribution >= 0.6 is 0 Å². The third-order valence-electron chi connectivity index (χ3n) is 3.64. The van der Waals surface area contributed by atoms with Gasteiger partial charge in [0.05, 0.1) is 18.9 Å². The zero-order valence-corrected chi connectivity index (χ0v) is 9.80. The largest absolute Gasteiger partial charge is 0.504 e. The summed E-state index contributed by atoms with van der Waals surface area (Å²) in [5.41, 5.74) is 1.20. The van der Waals surface area contributed by atoms with Gasteiger partial charge in [0.15, 0.2) is 17.3 Å². The number of fused-ring (bicyclic) bond motifs is 2. The second-order valence-corrected chi connectivity index (χ2v) is 4.59. The number of methoxy groups -OCH3 is 1. The van der Waals surface area contributed by atoms with Gasteiger partial charge in [0.2, 0.25) is 0 Å². The molecule has 2 unspecified atom stereocenters. The minimum absolute atomic E-state index is 0.0618. The maximum Gasteiger partial charge on any atom is 0.310 e. The Morgan fingerprint density at radius 1 is 1.33 bits per heavy atom. The number of phenolic OH excluding ortho intramolecular Hbond substituents is 1. The van der Waals surface area contributed by atoms with Crippen LogP contribution in [0.5, 0.6) is 11.5 Å². The topological polar surface area (TPSA) is 72.8 Å². The predicted molar refractivity (Wildman–Crippen MR) is 60.6 cm³/mol. The van der Waals surface area contributed by atoms with E-state index in [1.807, 2.05) is 0 Å². The molecule has 0 amide bonds. The van der Waals surface area contributed by atoms with E-state index < -0.39 is 5.92 Å². The molecule has 0 radical (unpaired) electrons. The van der Waals surface area contributed by atoms with Crippen molar-refractivity contribution in [2.45, 2.75) is 6.42 Å². The third kappa shape index (κ3) is 1.40. The second kappa shape index (κ2) is 3.73. The first-order chi connectivity index (χ1) is 8.61. The van der Waals surface area contributed by atoms with Crippen molar-refractivity contribution in [1.82, 2.24) is 0 Å². The van der Waals surface area contributed by atoms with Gasteiger partial charge in [-0.1, -0.05) is 0 Å². The van der Waals surface area contributed by atoms with Crippen LogP contribution in [-0.2, 0) is 16.0 Å². The van der Waals surface area contributed by atoms with Gasteiger partial charge in [-0.05, 0) is 24.1 Å². The van der Waals surface area contributed by atoms with Crippen LogP contribution < -0.4 is 4.74 Å². The summed E-state index contributed by atoms with van der Waals surface area (Å²) < 4.78 is 9.94. The summed E-state index contributed by atoms with van der Waals surface area (Å²) in [5.74, 6) is -0.993. The Balaban J connectivity index is 2.10. The van der Waals surface area contributed by atoms with Gasteiger partial charge in [0, 0.05) is 5.56 Å². The number of carbonyl (C=O) groups excluding carboxylic acids is 2. The molecule has 1 aliphatic carbocycles. The van der Waals surface area contributed by atoms with E-state index in [4.69, 9.17) is 9.47 Å². The number of ketones is 1. The molecule has 1 saturated heterocycles. The Hall–Kier alpha value is -2.04. The van der Waals surface area contributed by atoms with Gasteiger partial charge >= 0.3 is 5.97 Å². The highest BCUT2D eigenvalue weighted by Crippen LogP contribution is 2.39. The van der Waals surface area contributed by atoms with E-state index >= 15 is 0 Å². The number of ether oxygens (including phenoxy) is 2. The molecule has 1 heterocycles. The van der Waals surface area contributed by atoms with Crippen LogP contribution in [0.1, 0.15) is 15.9 Å². The second-order valence-electron chi connectivity index (χ2n) is 4.59. The molecular formula is C13H12O5. The number of aromatic hydroxyl groups is 1. The maximum absolute atomic E-state index is 12.2. The normalized spacial score (nSPS) is 25.4. The average molecular weight is 248 g/mol. The van der Waals surface area contributed by atoms with Gasteiger partial charge in [-0.25, -0.2) is 0 Å². The van der Waals surface area contributed by atoms with Crippen LogP contribution in [0.2, 0.25) is 0 Å². The number of phenols is 1. The minimum Gasteiger partial charge on any atom is -0.504 e. The number of benzene rings is 1. The molecular weight excluding hydrogens is 236 g/mol. The molecule has 1 aliphatic heterocycles. The predicted octanol–water partition coefficient (Wildman–Crippen LogP) is 0.929. The zero-order chi connectivity index (χ0) is 12.9. The molecule has 2 aliphatic rings. The summed E-state index contributed by atoms with van der Waals surface area (Å²) in [6.45, 7) is 0.147. The van der Waals surface area contributed by atoms with Crippen molar-refractivity contribution in [2.75, 3.05) is 13.7 Å². The summed E-state index contributed by atoms with van der Waals surface area (Å²) >= 11 is 0. The summed E-state index contributed by atoms with van der Waals surface area (Å²) in [7, 11) is 1.44. The highest BCUT2D eigenvalue weighted by molar-refractivity contribution is 6.04. The number of hydrogen-bond donors (Lipinski definition) is 1. The Labute approximate surface area is 103 Å². The fraction of sp³-hybridized carbons (Fsp3) is 0.385. The Kier molecular flexibility index (Phi) is 2.29. The first-order valence-corrected chi connectivity index (χ1v) is 5.72. The lowest BCUT2D eigenvalue weighted by Crippen LogP contribution is -2.31. The molecule has 2 atom stereocenters. The van der Waals surface area contributed by atoms with Crippen molar-refractivity contribution in [3.8, 4) is 11.5 Å². The van der Waals surface area contributed by atoms with Crippen molar-refractivity contribution in [2.24, 2.45) is 11.8 Å². The Morgan fingerprint density at radius 2 is 2.11 bits per heavy atom. The standard InChI is InChI=1S/C13H12O5/c1-17-11-3-6-2-8-9(5-18-13(8)16)12(15)7(6)4-10(11)14/h3-4,8-9,14H,2,5H2,1H3. The fourth-order valence-electron chi connectivity index (χ4n) is 2.65. The van der Waals surface area contributed by atoms with Crippen LogP contribution in [0.15, 0.2) is 12.1 Å². The highest BCUT2D eigenvalue weighted by Gasteiger charge is 2.45. The molecule has 5 nitrogen and oxygen atoms in total. The van der Waals surface area contributed by atoms with Crippen molar-refractivity contribution in [3.05, 3.63) is 23.3 Å². The number of Topliss-reactive ketones (excluding diaryl/α,β-unsaturated/α-hetero) is 1. The molecule has 5 heteroatoms. The van der Waals surface area contributed by atoms with E-state index in [-0.39, 0.29) is 30.0 Å². The number of rotatable bonds is 1. The fourth-order valence-corrected chi connectivity index (χ4v) is 2.65. The quantitative estimate of drug-likeness (QED) is 0.748. The molecule has 1 N–H and O–H groups in total. The first kappa shape index (κ1) is 11.1. The Bertz CT molecular complexity index is 549. The molecule has 1 aromatic carbocycles. The van der Waals surface area contributed by atoms with E-state index in [9.17, 15) is 14.7 Å². The van der Waals surface area contributed by atoms with Gasteiger partial charge in [-0.3, -0.25) is 9.59 Å². The van der Waals surface area contributed by atoms with Crippen molar-refractivity contribution in [3.63, 3.8) is 0 Å². The van der Waals surface area contributed by atoms with Crippen LogP contribution in [0.3, 0.4) is 0 Å². The summed E-state index contributed by atoms with van der Waals surface area (Å²) in [5, 5.41) is 9.70. The van der Waals surface area contributed by atoms with Gasteiger partial charge in [-0.2, -0.15) is 0 Å². The van der Waals surface area contributed by atoms with Crippen LogP contribution in [0.25, 0.3) is 0 Å². The zero-order valence-electron chi connectivity index (χ0n) is 9.80. The lowest BCUT2D eigenvalue weighted by Gasteiger charge is -2.23. The minimum atomic E-state index is -0.405. The number of esters is 1. The highest BCUT2D eigenvalue weighted by atomic mass is 16.5. The molecule has 18 heavy (non-hydrogen) atoms. The van der Waals surface area contributed by atoms with Gasteiger partial charge in [-0.15, -0.1) is 0 Å². The van der Waals surface area contributed by atoms with Crippen LogP contribution in [0.4, 0.5) is 0 Å². The maximum atomic E-state index is 12.2. The lowest BCUT2D eigenvalue weighted by atomic mass is 9.76. The number of carbonyl (C=O) groups is 2. The van der Waals surface area contributed by atoms with Gasteiger partial charge < -0.3 is 14.6 Å². The molecule has 3 rings (SSSR count). The molecule has 1 fully saturated rings. The van der Waals surface area contributed by atoms with Crippen LogP contribution in [0, 0.1) is 11.8 Å². The monoisotopic (exact) mass is 248 g/mol. The average Bonchev–Trinajstić information content (AvgIpc) is 2.72. The number of hydrogen-bond acceptors (Lipinski definition) is 5. The van der Waals surface area contributed by atoms with Crippen molar-refractivity contribution >= 4 is 11.8 Å². The first-order valence-electron chi connectivity index (χ1n) is 5.72. The molecule has 0 aromatic heterocycles. The summed E-state index contributed by atoms with van der Waals surface area (Å²) in [4.78, 5) is 23.7. The van der Waals surface area contributed by atoms with E-state index in [0.717, 1.165) is 5.56 Å². The van der Waals surface area contributed by atoms with E-state index in [0.29, 0.717) is 17.7 Å². The smallest absolute Gasteiger partial charge is 0.310 e. The van der Waals surface area contributed by atoms with Gasteiger partial charge in [0.25, 0.3) is 0 Å². The summed E-state index contributed by atoms with van der Waals surface area (Å²) in [6, 6.07) is 3.03. The lowest BCUT2D eigenvalue weighted by molar-refractivity contribution is -0.141. The summed E-state index contributed by atoms with van der Waals surface area (Å²) in [6.07, 6.45) is 0.460. The SMILES string of the molecule is COc1cc2c(cc1O)C(=O)C1COC(=O)C1C2. The van der Waals surface area contributed by atoms with E-state index in [2.05, 4.69) is 0 Å². The molecule has 0 saturated carbocycles. The molecule has 94 valence electrons. The number of cyclic esters (lactones) is 1. The Morgan fingerprint density at radius 3 is 2.83 bits per heavy atom.